The largest absolute Gasteiger partial charge is 0.309 e. The highest BCUT2D eigenvalue weighted by Gasteiger charge is 2.15. The van der Waals surface area contributed by atoms with Gasteiger partial charge in [0.25, 0.3) is 0 Å². The molecule has 0 amide bonds. The normalized spacial score (nSPS) is 24.2. The lowest BCUT2D eigenvalue weighted by Gasteiger charge is -2.22. The van der Waals surface area contributed by atoms with Crippen molar-refractivity contribution in [2.45, 2.75) is 32.2 Å². The zero-order valence-electron chi connectivity index (χ0n) is 7.47. The number of hydrogen-bond acceptors (Lipinski definition) is 2. The molecule has 0 saturated carbocycles. The van der Waals surface area contributed by atoms with E-state index in [4.69, 9.17) is 0 Å². The summed E-state index contributed by atoms with van der Waals surface area (Å²) in [7, 11) is 0. The van der Waals surface area contributed by atoms with Crippen molar-refractivity contribution < 1.29 is 0 Å². The summed E-state index contributed by atoms with van der Waals surface area (Å²) in [4.78, 5) is 2.95. The predicted octanol–water partition coefficient (Wildman–Crippen LogP) is 2.87. The fourth-order valence-corrected chi connectivity index (χ4v) is 2.72. The molecule has 1 aromatic heterocycles. The summed E-state index contributed by atoms with van der Waals surface area (Å²) in [5, 5.41) is 3.56. The average Bonchev–Trinajstić information content (AvgIpc) is 2.54. The van der Waals surface area contributed by atoms with Crippen molar-refractivity contribution in [3.8, 4) is 0 Å². The molecule has 0 aliphatic carbocycles. The number of nitrogens with one attached hydrogen (secondary N) is 1. The van der Waals surface area contributed by atoms with Gasteiger partial charge >= 0.3 is 0 Å². The van der Waals surface area contributed by atoms with Crippen LogP contribution in [-0.4, -0.2) is 6.54 Å². The predicted molar refractivity (Wildman–Crippen MR) is 53.7 cm³/mol. The van der Waals surface area contributed by atoms with Crippen LogP contribution in [0.5, 0.6) is 0 Å². The van der Waals surface area contributed by atoms with Crippen LogP contribution in [0.4, 0.5) is 0 Å². The van der Waals surface area contributed by atoms with Crippen LogP contribution in [0.15, 0.2) is 12.1 Å². The summed E-state index contributed by atoms with van der Waals surface area (Å²) in [5.41, 5.74) is 0. The van der Waals surface area contributed by atoms with Crippen LogP contribution in [0.2, 0.25) is 0 Å². The minimum absolute atomic E-state index is 0.650. The third-order valence-corrected chi connectivity index (χ3v) is 3.53. The van der Waals surface area contributed by atoms with Gasteiger partial charge in [0.15, 0.2) is 0 Å². The third-order valence-electron chi connectivity index (χ3n) is 2.41. The molecule has 1 aliphatic heterocycles. The van der Waals surface area contributed by atoms with Crippen LogP contribution in [0.25, 0.3) is 0 Å². The molecular formula is C10H15NS. The maximum Gasteiger partial charge on any atom is 0.0414 e. The molecule has 0 aromatic carbocycles. The molecule has 1 atom stereocenters. The van der Waals surface area contributed by atoms with E-state index in [1.54, 1.807) is 0 Å². The molecule has 2 heteroatoms. The first kappa shape index (κ1) is 8.27. The van der Waals surface area contributed by atoms with Crippen LogP contribution in [0, 0.1) is 6.92 Å². The number of piperidine rings is 1. The Morgan fingerprint density at radius 1 is 1.42 bits per heavy atom. The molecule has 1 aliphatic rings. The molecule has 1 N–H and O–H groups in total. The smallest absolute Gasteiger partial charge is 0.0414 e. The Labute approximate surface area is 77.8 Å². The number of rotatable bonds is 1. The topological polar surface area (TPSA) is 12.0 Å². The van der Waals surface area contributed by atoms with Crippen LogP contribution >= 0.6 is 11.3 Å². The summed E-state index contributed by atoms with van der Waals surface area (Å²) >= 11 is 1.93. The summed E-state index contributed by atoms with van der Waals surface area (Å²) in [6, 6.07) is 5.14. The van der Waals surface area contributed by atoms with E-state index in [-0.39, 0.29) is 0 Å². The van der Waals surface area contributed by atoms with Crippen molar-refractivity contribution in [3.05, 3.63) is 21.9 Å². The van der Waals surface area contributed by atoms with Gasteiger partial charge in [-0.3, -0.25) is 0 Å². The molecule has 1 fully saturated rings. The van der Waals surface area contributed by atoms with Gasteiger partial charge in [-0.25, -0.2) is 0 Å². The van der Waals surface area contributed by atoms with Crippen molar-refractivity contribution in [3.63, 3.8) is 0 Å². The molecule has 1 nitrogen and oxygen atoms in total. The van der Waals surface area contributed by atoms with E-state index in [0.717, 1.165) is 0 Å². The molecule has 2 rings (SSSR count). The first-order chi connectivity index (χ1) is 5.86. The molecule has 0 radical (unpaired) electrons. The highest BCUT2D eigenvalue weighted by Crippen LogP contribution is 2.28. The van der Waals surface area contributed by atoms with E-state index in [9.17, 15) is 0 Å². The first-order valence-electron chi connectivity index (χ1n) is 4.66. The molecule has 1 aromatic rings. The Kier molecular flexibility index (Phi) is 2.47. The minimum atomic E-state index is 0.650. The van der Waals surface area contributed by atoms with E-state index in [2.05, 4.69) is 24.4 Å². The standard InChI is InChI=1S/C10H15NS/c1-8-5-6-10(12-8)9-4-2-3-7-11-9/h5-6,9,11H,2-4,7H2,1H3/t9-/m0/s1. The van der Waals surface area contributed by atoms with Crippen LogP contribution in [0.3, 0.4) is 0 Å². The van der Waals surface area contributed by atoms with E-state index < -0.39 is 0 Å². The maximum atomic E-state index is 3.56. The Bertz CT molecular complexity index is 248. The minimum Gasteiger partial charge on any atom is -0.309 e. The van der Waals surface area contributed by atoms with Gasteiger partial charge in [0.05, 0.1) is 0 Å². The molecule has 66 valence electrons. The summed E-state index contributed by atoms with van der Waals surface area (Å²) in [5.74, 6) is 0. The van der Waals surface area contributed by atoms with Crippen LogP contribution < -0.4 is 5.32 Å². The lowest BCUT2D eigenvalue weighted by Crippen LogP contribution is -2.25. The maximum absolute atomic E-state index is 3.56. The summed E-state index contributed by atoms with van der Waals surface area (Å²) in [6.45, 7) is 3.37. The van der Waals surface area contributed by atoms with Gasteiger partial charge < -0.3 is 5.32 Å². The van der Waals surface area contributed by atoms with Gasteiger partial charge in [-0.05, 0) is 38.4 Å². The number of aryl methyl sites for hydroxylation is 1. The molecule has 0 unspecified atom stereocenters. The van der Waals surface area contributed by atoms with Crippen LogP contribution in [0.1, 0.15) is 35.1 Å². The highest BCUT2D eigenvalue weighted by atomic mass is 32.1. The van der Waals surface area contributed by atoms with Crippen molar-refractivity contribution >= 4 is 11.3 Å². The Morgan fingerprint density at radius 3 is 2.92 bits per heavy atom. The molecule has 2 heterocycles. The average molecular weight is 181 g/mol. The van der Waals surface area contributed by atoms with Crippen molar-refractivity contribution in [1.82, 2.24) is 5.32 Å². The SMILES string of the molecule is Cc1ccc([C@@H]2CCCCN2)s1. The Balaban J connectivity index is 2.08. The zero-order valence-corrected chi connectivity index (χ0v) is 8.29. The lowest BCUT2D eigenvalue weighted by molar-refractivity contribution is 0.417. The lowest BCUT2D eigenvalue weighted by atomic mass is 10.0. The van der Waals surface area contributed by atoms with Gasteiger partial charge in [0.2, 0.25) is 0 Å². The Morgan fingerprint density at radius 2 is 2.33 bits per heavy atom. The number of hydrogen-bond donors (Lipinski definition) is 1. The van der Waals surface area contributed by atoms with E-state index in [1.165, 1.54) is 35.6 Å². The quantitative estimate of drug-likeness (QED) is 0.702. The second-order valence-corrected chi connectivity index (χ2v) is 4.77. The van der Waals surface area contributed by atoms with Gasteiger partial charge in [-0.15, -0.1) is 11.3 Å². The Hall–Kier alpha value is -0.340. The van der Waals surface area contributed by atoms with E-state index in [0.29, 0.717) is 6.04 Å². The first-order valence-corrected chi connectivity index (χ1v) is 5.47. The second kappa shape index (κ2) is 3.58. The van der Waals surface area contributed by atoms with Crippen molar-refractivity contribution in [2.75, 3.05) is 6.54 Å². The van der Waals surface area contributed by atoms with Gasteiger partial charge in [0, 0.05) is 15.8 Å². The van der Waals surface area contributed by atoms with Crippen molar-refractivity contribution in [1.29, 1.82) is 0 Å². The molecule has 12 heavy (non-hydrogen) atoms. The molecule has 0 bridgehead atoms. The van der Waals surface area contributed by atoms with Gasteiger partial charge in [0.1, 0.15) is 0 Å². The van der Waals surface area contributed by atoms with E-state index in [1.807, 2.05) is 11.3 Å². The third kappa shape index (κ3) is 1.70. The molecule has 1 saturated heterocycles. The fraction of sp³-hybridized carbons (Fsp3) is 0.600. The van der Waals surface area contributed by atoms with Crippen LogP contribution in [-0.2, 0) is 0 Å². The van der Waals surface area contributed by atoms with Crippen molar-refractivity contribution in [2.24, 2.45) is 0 Å². The monoisotopic (exact) mass is 181 g/mol. The number of thiophene rings is 1. The summed E-state index contributed by atoms with van der Waals surface area (Å²) < 4.78 is 0. The van der Waals surface area contributed by atoms with Gasteiger partial charge in [-0.2, -0.15) is 0 Å². The van der Waals surface area contributed by atoms with Gasteiger partial charge in [-0.1, -0.05) is 6.42 Å². The zero-order chi connectivity index (χ0) is 8.39. The fourth-order valence-electron chi connectivity index (χ4n) is 1.74. The van der Waals surface area contributed by atoms with E-state index >= 15 is 0 Å². The highest BCUT2D eigenvalue weighted by molar-refractivity contribution is 7.12. The summed E-state index contributed by atoms with van der Waals surface area (Å²) in [6.07, 6.45) is 4.05. The molecule has 0 spiro atoms. The second-order valence-electron chi connectivity index (χ2n) is 3.45. The molecular weight excluding hydrogens is 166 g/mol.